The third kappa shape index (κ3) is 3.31. The van der Waals surface area contributed by atoms with Gasteiger partial charge in [0, 0.05) is 23.5 Å². The number of fused-ring (bicyclic) bond motifs is 1. The van der Waals surface area contributed by atoms with Crippen molar-refractivity contribution in [1.29, 1.82) is 0 Å². The van der Waals surface area contributed by atoms with Crippen LogP contribution in [-0.4, -0.2) is 37.1 Å². The van der Waals surface area contributed by atoms with Crippen LogP contribution >= 0.6 is 0 Å². The van der Waals surface area contributed by atoms with Gasteiger partial charge in [0.2, 0.25) is 5.82 Å². The third-order valence-corrected chi connectivity index (χ3v) is 3.74. The first-order valence-corrected chi connectivity index (χ1v) is 7.42. The number of hydrogen-bond donors (Lipinski definition) is 2. The second kappa shape index (κ2) is 6.17. The molecule has 0 aliphatic heterocycles. The van der Waals surface area contributed by atoms with Crippen molar-refractivity contribution in [2.45, 2.75) is 19.4 Å². The van der Waals surface area contributed by atoms with Gasteiger partial charge < -0.3 is 10.4 Å². The van der Waals surface area contributed by atoms with Gasteiger partial charge in [-0.1, -0.05) is 6.07 Å². The topological polar surface area (TPSA) is 92.4 Å². The van der Waals surface area contributed by atoms with E-state index in [0.29, 0.717) is 6.07 Å². The van der Waals surface area contributed by atoms with Crippen molar-refractivity contribution in [2.75, 3.05) is 6.54 Å². The highest BCUT2D eigenvalue weighted by Gasteiger charge is 2.28. The molecule has 1 atom stereocenters. The van der Waals surface area contributed by atoms with Crippen LogP contribution in [-0.2, 0) is 5.60 Å². The Morgan fingerprint density at radius 2 is 2.12 bits per heavy atom. The summed E-state index contributed by atoms with van der Waals surface area (Å²) in [4.78, 5) is 20.2. The number of aryl methyl sites for hydroxylation is 1. The quantitative estimate of drug-likeness (QED) is 0.743. The normalized spacial score (nSPS) is 13.6. The summed E-state index contributed by atoms with van der Waals surface area (Å²) in [6, 6.07) is 4.55. The average molecular weight is 347 g/mol. The highest BCUT2D eigenvalue weighted by Crippen LogP contribution is 2.23. The van der Waals surface area contributed by atoms with Gasteiger partial charge in [0.05, 0.1) is 6.54 Å². The molecule has 2 aromatic heterocycles. The van der Waals surface area contributed by atoms with E-state index in [1.165, 1.54) is 11.4 Å². The van der Waals surface area contributed by atoms with Crippen molar-refractivity contribution in [2.24, 2.45) is 0 Å². The van der Waals surface area contributed by atoms with E-state index in [9.17, 15) is 18.7 Å². The molecular weight excluding hydrogens is 332 g/mol. The largest absolute Gasteiger partial charge is 0.383 e. The maximum absolute atomic E-state index is 13.8. The first-order valence-electron chi connectivity index (χ1n) is 7.42. The standard InChI is InChI=1S/C16H15F2N5O2/c1-9-5-6-19-15-21-13(22-23(9)15)14(24)20-8-16(2,25)11-4-3-10(17)7-12(11)18/h3-7,25H,8H2,1-2H3,(H,20,24). The molecule has 3 rings (SSSR count). The lowest BCUT2D eigenvalue weighted by molar-refractivity contribution is 0.0492. The zero-order valence-electron chi connectivity index (χ0n) is 13.5. The molecular formula is C16H15F2N5O2. The van der Waals surface area contributed by atoms with E-state index < -0.39 is 23.1 Å². The van der Waals surface area contributed by atoms with Gasteiger partial charge in [-0.25, -0.2) is 18.3 Å². The Morgan fingerprint density at radius 1 is 1.36 bits per heavy atom. The number of nitrogens with one attached hydrogen (secondary N) is 1. The van der Waals surface area contributed by atoms with Gasteiger partial charge in [-0.2, -0.15) is 4.98 Å². The van der Waals surface area contributed by atoms with Crippen LogP contribution in [0.5, 0.6) is 0 Å². The van der Waals surface area contributed by atoms with E-state index in [4.69, 9.17) is 0 Å². The second-order valence-electron chi connectivity index (χ2n) is 5.81. The Bertz CT molecular complexity index is 955. The van der Waals surface area contributed by atoms with E-state index >= 15 is 0 Å². The molecule has 1 aromatic carbocycles. The molecule has 0 bridgehead atoms. The number of aliphatic hydroxyl groups is 1. The summed E-state index contributed by atoms with van der Waals surface area (Å²) in [5.41, 5.74) is -1.12. The monoisotopic (exact) mass is 347 g/mol. The summed E-state index contributed by atoms with van der Waals surface area (Å²) in [5, 5.41) is 16.9. The van der Waals surface area contributed by atoms with Gasteiger partial charge in [0.1, 0.15) is 17.2 Å². The number of aromatic nitrogens is 4. The average Bonchev–Trinajstić information content (AvgIpc) is 2.98. The summed E-state index contributed by atoms with van der Waals surface area (Å²) >= 11 is 0. The first-order chi connectivity index (χ1) is 11.8. The molecule has 0 saturated carbocycles. The highest BCUT2D eigenvalue weighted by atomic mass is 19.1. The van der Waals surface area contributed by atoms with Gasteiger partial charge in [0.15, 0.2) is 0 Å². The van der Waals surface area contributed by atoms with Gasteiger partial charge >= 0.3 is 0 Å². The van der Waals surface area contributed by atoms with E-state index in [1.807, 2.05) is 0 Å². The van der Waals surface area contributed by atoms with Crippen molar-refractivity contribution >= 4 is 11.7 Å². The fraction of sp³-hybridized carbons (Fsp3) is 0.250. The van der Waals surface area contributed by atoms with E-state index in [-0.39, 0.29) is 23.7 Å². The number of nitrogens with zero attached hydrogens (tertiary/aromatic N) is 4. The number of carbonyl (C=O) groups excluding carboxylic acids is 1. The summed E-state index contributed by atoms with van der Waals surface area (Å²) in [5.74, 6) is -2.16. The lowest BCUT2D eigenvalue weighted by atomic mass is 9.95. The van der Waals surface area contributed by atoms with Crippen molar-refractivity contribution in [3.8, 4) is 0 Å². The summed E-state index contributed by atoms with van der Waals surface area (Å²) < 4.78 is 28.2. The zero-order chi connectivity index (χ0) is 18.2. The smallest absolute Gasteiger partial charge is 0.291 e. The number of hydrogen-bond acceptors (Lipinski definition) is 5. The van der Waals surface area contributed by atoms with Crippen LogP contribution in [0.3, 0.4) is 0 Å². The molecule has 2 heterocycles. The molecule has 1 amide bonds. The molecule has 25 heavy (non-hydrogen) atoms. The minimum Gasteiger partial charge on any atom is -0.383 e. The lowest BCUT2D eigenvalue weighted by Crippen LogP contribution is -2.39. The molecule has 0 radical (unpaired) electrons. The number of halogens is 2. The third-order valence-electron chi connectivity index (χ3n) is 3.74. The first kappa shape index (κ1) is 16.9. The van der Waals surface area contributed by atoms with Crippen molar-refractivity contribution in [1.82, 2.24) is 24.9 Å². The minimum atomic E-state index is -1.74. The van der Waals surface area contributed by atoms with Crippen LogP contribution < -0.4 is 5.32 Å². The van der Waals surface area contributed by atoms with E-state index in [0.717, 1.165) is 17.8 Å². The summed E-state index contributed by atoms with van der Waals surface area (Å²) in [6.07, 6.45) is 1.54. The van der Waals surface area contributed by atoms with Crippen LogP contribution in [0.4, 0.5) is 8.78 Å². The Hall–Kier alpha value is -2.94. The molecule has 0 fully saturated rings. The summed E-state index contributed by atoms with van der Waals surface area (Å²) in [6.45, 7) is 2.79. The molecule has 9 heteroatoms. The second-order valence-corrected chi connectivity index (χ2v) is 5.81. The van der Waals surface area contributed by atoms with Crippen LogP contribution in [0.2, 0.25) is 0 Å². The maximum Gasteiger partial charge on any atom is 0.291 e. The predicted molar refractivity (Wildman–Crippen MR) is 83.8 cm³/mol. The van der Waals surface area contributed by atoms with Crippen LogP contribution in [0.25, 0.3) is 5.78 Å². The van der Waals surface area contributed by atoms with Gasteiger partial charge in [-0.3, -0.25) is 4.79 Å². The van der Waals surface area contributed by atoms with Crippen LogP contribution in [0.1, 0.15) is 28.8 Å². The van der Waals surface area contributed by atoms with Crippen molar-refractivity contribution in [3.05, 3.63) is 59.2 Å². The predicted octanol–water partition coefficient (Wildman–Crippen LogP) is 1.35. The highest BCUT2D eigenvalue weighted by molar-refractivity contribution is 5.90. The molecule has 7 nitrogen and oxygen atoms in total. The van der Waals surface area contributed by atoms with E-state index in [1.54, 1.807) is 19.2 Å². The number of amides is 1. The molecule has 130 valence electrons. The fourth-order valence-electron chi connectivity index (χ4n) is 2.36. The van der Waals surface area contributed by atoms with Gasteiger partial charge in [-0.15, -0.1) is 5.10 Å². The molecule has 0 aliphatic rings. The molecule has 0 saturated heterocycles. The Kier molecular flexibility index (Phi) is 4.17. The Morgan fingerprint density at radius 3 is 2.80 bits per heavy atom. The van der Waals surface area contributed by atoms with Crippen LogP contribution in [0.15, 0.2) is 30.5 Å². The molecule has 0 aliphatic carbocycles. The Balaban J connectivity index is 1.77. The lowest BCUT2D eigenvalue weighted by Gasteiger charge is -2.24. The van der Waals surface area contributed by atoms with Crippen molar-refractivity contribution in [3.63, 3.8) is 0 Å². The fourth-order valence-corrected chi connectivity index (χ4v) is 2.36. The maximum atomic E-state index is 13.8. The number of benzene rings is 1. The molecule has 1 unspecified atom stereocenters. The zero-order valence-corrected chi connectivity index (χ0v) is 13.5. The van der Waals surface area contributed by atoms with Crippen molar-refractivity contribution < 1.29 is 18.7 Å². The number of rotatable bonds is 4. The molecule has 2 N–H and O–H groups in total. The SMILES string of the molecule is Cc1ccnc2nc(C(=O)NCC(C)(O)c3ccc(F)cc3F)nn12. The van der Waals surface area contributed by atoms with E-state index in [2.05, 4.69) is 20.4 Å². The Labute approximate surface area is 141 Å². The van der Waals surface area contributed by atoms with Gasteiger partial charge in [-0.05, 0) is 26.0 Å². The summed E-state index contributed by atoms with van der Waals surface area (Å²) in [7, 11) is 0. The minimum absolute atomic E-state index is 0.128. The molecule has 3 aromatic rings. The molecule has 0 spiro atoms. The number of carbonyl (C=O) groups is 1. The van der Waals surface area contributed by atoms with Gasteiger partial charge in [0.25, 0.3) is 11.7 Å². The van der Waals surface area contributed by atoms with Crippen LogP contribution in [0, 0.1) is 18.6 Å².